The molecule has 0 bridgehead atoms. The molecule has 0 spiro atoms. The minimum absolute atomic E-state index is 0.675. The minimum atomic E-state index is -2.78. The molecule has 2 atom stereocenters. The molecule has 316 valence electrons. The number of rotatable bonds is 10. The van der Waals surface area contributed by atoms with Crippen LogP contribution in [0, 0.1) is 0 Å². The van der Waals surface area contributed by atoms with E-state index in [-0.39, 0.29) is 0 Å². The Morgan fingerprint density at radius 1 is 0.292 bits per heavy atom. The van der Waals surface area contributed by atoms with E-state index in [1.54, 1.807) is 5.70 Å². The number of hydrogen-bond donors (Lipinski definition) is 0. The van der Waals surface area contributed by atoms with Crippen LogP contribution in [0.25, 0.3) is 0 Å². The zero-order chi connectivity index (χ0) is 44.1. The predicted octanol–water partition coefficient (Wildman–Crippen LogP) is 9.74. The van der Waals surface area contributed by atoms with Crippen molar-refractivity contribution in [2.75, 3.05) is 0 Å². The van der Waals surface area contributed by atoms with E-state index in [2.05, 4.69) is 273 Å². The summed E-state index contributed by atoms with van der Waals surface area (Å²) in [6.45, 7) is -5.34. The molecule has 1 aliphatic heterocycles. The van der Waals surface area contributed by atoms with Gasteiger partial charge in [-0.15, -0.1) is 0 Å². The van der Waals surface area contributed by atoms with Gasteiger partial charge in [0.2, 0.25) is 0 Å². The molecule has 10 rings (SSSR count). The number of hydrogen-bond acceptors (Lipinski definition) is 0. The Morgan fingerprint density at radius 2 is 0.523 bits per heavy atom. The van der Waals surface area contributed by atoms with Gasteiger partial charge in [-0.05, 0) is 0 Å². The second-order valence-electron chi connectivity index (χ2n) is 15.6. The molecule has 0 aliphatic carbocycles. The molecule has 0 nitrogen and oxygen atoms in total. The van der Waals surface area contributed by atoms with Gasteiger partial charge in [0.25, 0.3) is 0 Å². The fourth-order valence-electron chi connectivity index (χ4n) is 9.36. The van der Waals surface area contributed by atoms with E-state index >= 15 is 0 Å². The van der Waals surface area contributed by atoms with Gasteiger partial charge in [0, 0.05) is 0 Å². The van der Waals surface area contributed by atoms with Gasteiger partial charge in [0.1, 0.15) is 0 Å². The van der Waals surface area contributed by atoms with E-state index in [0.29, 0.717) is 0 Å². The molecule has 9 aromatic rings. The van der Waals surface area contributed by atoms with E-state index in [1.165, 1.54) is 50.6 Å². The van der Waals surface area contributed by atoms with E-state index in [0.717, 1.165) is 0 Å². The van der Waals surface area contributed by atoms with Crippen molar-refractivity contribution in [1.82, 2.24) is 0 Å². The standard InChI is InChI=1S/C57H45As3Cl2P3/c61-59-55(63(46-28-10-1-11-29-46,47-30-12-2-13-31-47)48-32-14-3-15-33-48)58-56(64(49-34-16-4-17-35-49,50-36-18-5-19-37-50)51-38-20-6-21-39-51)60(62)57(59)65(52-40-22-7-23-41-52,53-42-24-8-25-43-53)54-44-26-9-27-45-54/h1-45H/q+1. The van der Waals surface area contributed by atoms with E-state index < -0.39 is 63.8 Å². The van der Waals surface area contributed by atoms with Crippen molar-refractivity contribution in [3.05, 3.63) is 273 Å². The molecule has 0 N–H and O–H groups in total. The molecule has 0 amide bonds. The van der Waals surface area contributed by atoms with Crippen LogP contribution in [0.1, 0.15) is 0 Å². The van der Waals surface area contributed by atoms with Gasteiger partial charge in [-0.25, -0.2) is 0 Å². The van der Waals surface area contributed by atoms with Gasteiger partial charge in [-0.3, -0.25) is 0 Å². The third kappa shape index (κ3) is 7.93. The Morgan fingerprint density at radius 3 is 0.785 bits per heavy atom. The van der Waals surface area contributed by atoms with Crippen LogP contribution in [0.4, 0.5) is 0 Å². The van der Waals surface area contributed by atoms with Crippen LogP contribution in [-0.4, -0.2) is 51.3 Å². The summed E-state index contributed by atoms with van der Waals surface area (Å²) in [7, 11) is 15.5. The second-order valence-corrected chi connectivity index (χ2v) is 47.2. The zero-order valence-corrected chi connectivity index (χ0v) is 45.2. The molecule has 9 aromatic carbocycles. The van der Waals surface area contributed by atoms with Crippen LogP contribution >= 0.6 is 40.9 Å². The Balaban J connectivity index is 1.55. The Labute approximate surface area is 409 Å². The molecule has 0 saturated carbocycles. The Bertz CT molecular complexity index is 2860. The Kier molecular flexibility index (Phi) is 13.9. The molecule has 1 aliphatic rings. The molecule has 0 fully saturated rings. The quantitative estimate of drug-likeness (QED) is 0.0947. The first kappa shape index (κ1) is 44.9. The first-order chi connectivity index (χ1) is 32.1. The molecule has 0 saturated heterocycles. The summed E-state index contributed by atoms with van der Waals surface area (Å²) < 4.78 is 4.65. The van der Waals surface area contributed by atoms with Crippen molar-refractivity contribution in [3.8, 4) is 0 Å². The predicted molar refractivity (Wildman–Crippen MR) is 299 cm³/mol. The molecule has 0 radical (unpaired) electrons. The van der Waals surface area contributed by atoms with Crippen LogP contribution in [0.15, 0.2) is 273 Å². The van der Waals surface area contributed by atoms with Crippen molar-refractivity contribution >= 4 is 140 Å². The summed E-state index contributed by atoms with van der Waals surface area (Å²) >= 11 is -6.23. The average molecular weight is 1120 g/mol. The van der Waals surface area contributed by atoms with Crippen molar-refractivity contribution in [2.45, 2.75) is 0 Å². The van der Waals surface area contributed by atoms with Crippen LogP contribution < -0.4 is 47.7 Å². The van der Waals surface area contributed by atoms with Gasteiger partial charge >= 0.3 is 413 Å². The number of benzene rings is 9. The molecule has 0 aromatic heterocycles. The topological polar surface area (TPSA) is 0 Å². The normalized spacial score (nSPS) is 15.8. The third-order valence-corrected chi connectivity index (χ3v) is 66.1. The first-order valence-corrected chi connectivity index (χ1v) is 37.5. The van der Waals surface area contributed by atoms with Crippen molar-refractivity contribution in [2.24, 2.45) is 0 Å². The zero-order valence-electron chi connectivity index (χ0n) is 35.4. The molecule has 8 heteroatoms. The second kappa shape index (κ2) is 20.2. The summed E-state index contributed by atoms with van der Waals surface area (Å²) in [5.74, 6) is 0. The fourth-order valence-corrected chi connectivity index (χ4v) is 84.3. The van der Waals surface area contributed by atoms with Gasteiger partial charge in [0.15, 0.2) is 0 Å². The van der Waals surface area contributed by atoms with Crippen LogP contribution in [0.3, 0.4) is 0 Å². The van der Waals surface area contributed by atoms with Crippen LogP contribution in [0.2, 0.25) is 0 Å². The number of halogens is 2. The maximum atomic E-state index is 9.07. The molecule has 1 heterocycles. The van der Waals surface area contributed by atoms with Gasteiger partial charge in [0.05, 0.1) is 0 Å². The van der Waals surface area contributed by atoms with E-state index in [4.69, 9.17) is 19.9 Å². The molecule has 2 unspecified atom stereocenters. The summed E-state index contributed by atoms with van der Waals surface area (Å²) in [6.07, 6.45) is 0. The fraction of sp³-hybridized carbons (Fsp3) is 0. The van der Waals surface area contributed by atoms with Crippen molar-refractivity contribution < 1.29 is 0 Å². The Hall–Kier alpha value is -3.86. The van der Waals surface area contributed by atoms with Gasteiger partial charge < -0.3 is 0 Å². The summed E-state index contributed by atoms with van der Waals surface area (Å²) in [5, 5.41) is 12.0. The van der Waals surface area contributed by atoms with E-state index in [1.807, 2.05) is 0 Å². The van der Waals surface area contributed by atoms with Crippen molar-refractivity contribution in [3.63, 3.8) is 0 Å². The molecular formula is C57H45As3Cl2P3+. The maximum absolute atomic E-state index is 9.07. The molecular weight excluding hydrogens is 1070 g/mol. The summed E-state index contributed by atoms with van der Waals surface area (Å²) in [6, 6.07) is 103. The van der Waals surface area contributed by atoms with E-state index in [9.17, 15) is 0 Å². The van der Waals surface area contributed by atoms with Crippen LogP contribution in [-0.2, 0) is 0 Å². The summed E-state index contributed by atoms with van der Waals surface area (Å²) in [4.78, 5) is 0. The van der Waals surface area contributed by atoms with Crippen LogP contribution in [0.5, 0.6) is 0 Å². The first-order valence-electron chi connectivity index (χ1n) is 21.6. The van der Waals surface area contributed by atoms with Crippen molar-refractivity contribution in [1.29, 1.82) is 0 Å². The molecule has 65 heavy (non-hydrogen) atoms. The summed E-state index contributed by atoms with van der Waals surface area (Å²) in [5.41, 5.74) is 0. The van der Waals surface area contributed by atoms with Gasteiger partial charge in [-0.2, -0.15) is 0 Å². The van der Waals surface area contributed by atoms with Gasteiger partial charge in [-0.1, -0.05) is 0 Å². The monoisotopic (exact) mass is 1120 g/mol. The average Bonchev–Trinajstić information content (AvgIpc) is 3.39. The SMILES string of the molecule is Cl[As]1C([P+](c2ccccc2)(c2ccccc2)c2ccccc2)=[As]C(=P(c2ccccc2)(c2ccccc2)c2ccccc2)[As](Cl)C1=P(c1ccccc1)(c1ccccc1)c1ccccc1. The third-order valence-electron chi connectivity index (χ3n) is 12.1.